The maximum atomic E-state index is 13.6. The van der Waals surface area contributed by atoms with Crippen molar-refractivity contribution in [3.63, 3.8) is 0 Å². The molecule has 1 rings (SSSR count). The SMILES string of the molecule is CCN(CC)C(=O)CCNC(C)c1ccc(F)cc1F. The summed E-state index contributed by atoms with van der Waals surface area (Å²) in [6.45, 7) is 7.51. The van der Waals surface area contributed by atoms with Gasteiger partial charge in [-0.05, 0) is 26.8 Å². The van der Waals surface area contributed by atoms with Gasteiger partial charge in [0.25, 0.3) is 0 Å². The average Bonchev–Trinajstić information content (AvgIpc) is 2.39. The summed E-state index contributed by atoms with van der Waals surface area (Å²) in [5, 5.41) is 3.08. The molecule has 5 heteroatoms. The molecular weight excluding hydrogens is 262 g/mol. The minimum absolute atomic E-state index is 0.0780. The lowest BCUT2D eigenvalue weighted by Crippen LogP contribution is -2.33. The summed E-state index contributed by atoms with van der Waals surface area (Å²) in [4.78, 5) is 13.6. The molecule has 0 aliphatic rings. The van der Waals surface area contributed by atoms with Crippen LogP contribution in [-0.2, 0) is 4.79 Å². The zero-order chi connectivity index (χ0) is 15.1. The molecule has 1 aromatic rings. The van der Waals surface area contributed by atoms with Crippen molar-refractivity contribution in [2.75, 3.05) is 19.6 Å². The van der Waals surface area contributed by atoms with E-state index in [1.165, 1.54) is 12.1 Å². The molecule has 112 valence electrons. The van der Waals surface area contributed by atoms with Crippen molar-refractivity contribution in [3.05, 3.63) is 35.4 Å². The maximum Gasteiger partial charge on any atom is 0.223 e. The summed E-state index contributed by atoms with van der Waals surface area (Å²) < 4.78 is 26.4. The number of hydrogen-bond acceptors (Lipinski definition) is 2. The van der Waals surface area contributed by atoms with E-state index in [9.17, 15) is 13.6 Å². The molecule has 0 aliphatic carbocycles. The van der Waals surface area contributed by atoms with E-state index in [0.29, 0.717) is 31.6 Å². The predicted octanol–water partition coefficient (Wildman–Crippen LogP) is 2.87. The van der Waals surface area contributed by atoms with E-state index in [-0.39, 0.29) is 11.9 Å². The second-order valence-electron chi connectivity index (χ2n) is 4.66. The monoisotopic (exact) mass is 284 g/mol. The van der Waals surface area contributed by atoms with Crippen LogP contribution in [0.5, 0.6) is 0 Å². The topological polar surface area (TPSA) is 32.3 Å². The first-order chi connectivity index (χ1) is 9.49. The highest BCUT2D eigenvalue weighted by atomic mass is 19.1. The van der Waals surface area contributed by atoms with Gasteiger partial charge in [-0.25, -0.2) is 8.78 Å². The number of nitrogens with one attached hydrogen (secondary N) is 1. The van der Waals surface area contributed by atoms with Gasteiger partial charge in [0.05, 0.1) is 0 Å². The number of benzene rings is 1. The zero-order valence-electron chi connectivity index (χ0n) is 12.2. The van der Waals surface area contributed by atoms with Crippen molar-refractivity contribution in [3.8, 4) is 0 Å². The average molecular weight is 284 g/mol. The molecule has 0 aliphatic heterocycles. The number of rotatable bonds is 7. The molecule has 0 saturated carbocycles. The molecule has 0 heterocycles. The van der Waals surface area contributed by atoms with Gasteiger partial charge in [0.2, 0.25) is 5.91 Å². The molecule has 0 aromatic heterocycles. The lowest BCUT2D eigenvalue weighted by atomic mass is 10.1. The Morgan fingerprint density at radius 3 is 2.50 bits per heavy atom. The van der Waals surface area contributed by atoms with E-state index in [1.54, 1.807) is 11.8 Å². The fourth-order valence-corrected chi connectivity index (χ4v) is 2.09. The van der Waals surface area contributed by atoms with Gasteiger partial charge >= 0.3 is 0 Å². The van der Waals surface area contributed by atoms with Gasteiger partial charge in [-0.3, -0.25) is 4.79 Å². The molecule has 0 saturated heterocycles. The molecule has 3 nitrogen and oxygen atoms in total. The van der Waals surface area contributed by atoms with Gasteiger partial charge in [0, 0.05) is 43.7 Å². The number of carbonyl (C=O) groups is 1. The Hall–Kier alpha value is -1.49. The van der Waals surface area contributed by atoms with Crippen LogP contribution in [0.15, 0.2) is 18.2 Å². The van der Waals surface area contributed by atoms with Gasteiger partial charge in [-0.2, -0.15) is 0 Å². The normalized spacial score (nSPS) is 12.2. The van der Waals surface area contributed by atoms with E-state index < -0.39 is 11.6 Å². The predicted molar refractivity (Wildman–Crippen MR) is 75.3 cm³/mol. The highest BCUT2D eigenvalue weighted by Gasteiger charge is 2.13. The molecule has 0 bridgehead atoms. The van der Waals surface area contributed by atoms with Crippen molar-refractivity contribution in [1.29, 1.82) is 0 Å². The van der Waals surface area contributed by atoms with Crippen LogP contribution in [0.1, 0.15) is 38.8 Å². The Balaban J connectivity index is 2.47. The van der Waals surface area contributed by atoms with Crippen LogP contribution in [0, 0.1) is 11.6 Å². The molecule has 0 fully saturated rings. The zero-order valence-corrected chi connectivity index (χ0v) is 12.2. The van der Waals surface area contributed by atoms with Crippen molar-refractivity contribution in [2.45, 2.75) is 33.2 Å². The highest BCUT2D eigenvalue weighted by Crippen LogP contribution is 2.17. The Bertz CT molecular complexity index is 447. The van der Waals surface area contributed by atoms with Crippen LogP contribution in [-0.4, -0.2) is 30.4 Å². The lowest BCUT2D eigenvalue weighted by Gasteiger charge is -2.20. The molecule has 1 amide bonds. The maximum absolute atomic E-state index is 13.6. The molecule has 0 spiro atoms. The van der Waals surface area contributed by atoms with E-state index >= 15 is 0 Å². The smallest absolute Gasteiger partial charge is 0.223 e. The first-order valence-electron chi connectivity index (χ1n) is 6.95. The van der Waals surface area contributed by atoms with Crippen molar-refractivity contribution in [1.82, 2.24) is 10.2 Å². The fraction of sp³-hybridized carbons (Fsp3) is 0.533. The number of amides is 1. The molecule has 1 unspecified atom stereocenters. The van der Waals surface area contributed by atoms with Gasteiger partial charge in [0.1, 0.15) is 11.6 Å². The van der Waals surface area contributed by atoms with Gasteiger partial charge < -0.3 is 10.2 Å². The van der Waals surface area contributed by atoms with Crippen LogP contribution >= 0.6 is 0 Å². The molecule has 20 heavy (non-hydrogen) atoms. The Morgan fingerprint density at radius 2 is 1.95 bits per heavy atom. The minimum atomic E-state index is -0.588. The third kappa shape index (κ3) is 4.56. The van der Waals surface area contributed by atoms with Crippen LogP contribution in [0.2, 0.25) is 0 Å². The van der Waals surface area contributed by atoms with E-state index in [0.717, 1.165) is 6.07 Å². The molecule has 0 radical (unpaired) electrons. The standard InChI is InChI=1S/C15H22F2N2O/c1-4-19(5-2)15(20)8-9-18-11(3)13-7-6-12(16)10-14(13)17/h6-7,10-11,18H,4-5,8-9H2,1-3H3. The molecule has 1 atom stereocenters. The third-order valence-electron chi connectivity index (χ3n) is 3.33. The molecule has 1 aromatic carbocycles. The molecule has 1 N–H and O–H groups in total. The van der Waals surface area contributed by atoms with Gasteiger partial charge in [-0.15, -0.1) is 0 Å². The Kier molecular flexibility index (Phi) is 6.58. The molecular formula is C15H22F2N2O. The Labute approximate surface area is 119 Å². The quantitative estimate of drug-likeness (QED) is 0.835. The summed E-state index contributed by atoms with van der Waals surface area (Å²) in [7, 11) is 0. The van der Waals surface area contributed by atoms with E-state index in [4.69, 9.17) is 0 Å². The van der Waals surface area contributed by atoms with Crippen LogP contribution in [0.25, 0.3) is 0 Å². The van der Waals surface area contributed by atoms with Crippen molar-refractivity contribution < 1.29 is 13.6 Å². The summed E-state index contributed by atoms with van der Waals surface area (Å²) in [5.74, 6) is -1.08. The van der Waals surface area contributed by atoms with Crippen LogP contribution in [0.3, 0.4) is 0 Å². The van der Waals surface area contributed by atoms with Crippen LogP contribution < -0.4 is 5.32 Å². The van der Waals surface area contributed by atoms with Gasteiger partial charge in [-0.1, -0.05) is 6.07 Å². The first-order valence-corrected chi connectivity index (χ1v) is 6.95. The van der Waals surface area contributed by atoms with Crippen molar-refractivity contribution in [2.24, 2.45) is 0 Å². The number of halogens is 2. The summed E-state index contributed by atoms with van der Waals surface area (Å²) in [6, 6.07) is 3.26. The first kappa shape index (κ1) is 16.6. The number of nitrogens with zero attached hydrogens (tertiary/aromatic N) is 1. The van der Waals surface area contributed by atoms with Crippen LogP contribution in [0.4, 0.5) is 8.78 Å². The highest BCUT2D eigenvalue weighted by molar-refractivity contribution is 5.76. The minimum Gasteiger partial charge on any atom is -0.343 e. The lowest BCUT2D eigenvalue weighted by molar-refractivity contribution is -0.130. The summed E-state index contributed by atoms with van der Waals surface area (Å²) >= 11 is 0. The van der Waals surface area contributed by atoms with Gasteiger partial charge in [0.15, 0.2) is 0 Å². The number of hydrogen-bond donors (Lipinski definition) is 1. The van der Waals surface area contributed by atoms with Crippen molar-refractivity contribution >= 4 is 5.91 Å². The second-order valence-corrected chi connectivity index (χ2v) is 4.66. The summed E-state index contributed by atoms with van der Waals surface area (Å²) in [6.07, 6.45) is 0.370. The van der Waals surface area contributed by atoms with E-state index in [2.05, 4.69) is 5.32 Å². The largest absolute Gasteiger partial charge is 0.343 e. The Morgan fingerprint density at radius 1 is 1.30 bits per heavy atom. The fourth-order valence-electron chi connectivity index (χ4n) is 2.09. The second kappa shape index (κ2) is 7.94. The summed E-state index contributed by atoms with van der Waals surface area (Å²) in [5.41, 5.74) is 0.404. The number of carbonyl (C=O) groups excluding carboxylic acids is 1. The third-order valence-corrected chi connectivity index (χ3v) is 3.33. The van der Waals surface area contributed by atoms with E-state index in [1.807, 2.05) is 13.8 Å².